The van der Waals surface area contributed by atoms with Gasteiger partial charge in [-0.15, -0.1) is 0 Å². The van der Waals surface area contributed by atoms with Crippen molar-refractivity contribution in [2.75, 3.05) is 0 Å². The van der Waals surface area contributed by atoms with Crippen LogP contribution in [-0.4, -0.2) is 5.21 Å². The van der Waals surface area contributed by atoms with Crippen LogP contribution in [0.3, 0.4) is 0 Å². The minimum atomic E-state index is -0.324. The lowest BCUT2D eigenvalue weighted by Gasteiger charge is -1.99. The van der Waals surface area contributed by atoms with Crippen LogP contribution in [0.25, 0.3) is 11.3 Å². The Labute approximate surface area is 91.1 Å². The molecule has 1 aromatic carbocycles. The van der Waals surface area contributed by atoms with Gasteiger partial charge in [0.1, 0.15) is 10.8 Å². The molecule has 0 atom stereocenters. The van der Waals surface area contributed by atoms with Gasteiger partial charge in [-0.05, 0) is 30.3 Å². The largest absolute Gasteiger partial charge is 0.284 e. The molecule has 2 rings (SSSR count). The Hall–Kier alpha value is -1.61. The first-order chi connectivity index (χ1) is 7.18. The molecule has 0 aliphatic carbocycles. The van der Waals surface area contributed by atoms with Crippen LogP contribution in [0.1, 0.15) is 0 Å². The third-order valence-corrected chi connectivity index (χ3v) is 2.35. The SMILES string of the molecule is O[n+]1cccc(Cl)c1-c1ccc(F)cc1. The quantitative estimate of drug-likeness (QED) is 0.585. The first-order valence-corrected chi connectivity index (χ1v) is 4.71. The van der Waals surface area contributed by atoms with Crippen LogP contribution in [0.4, 0.5) is 4.39 Å². The van der Waals surface area contributed by atoms with Crippen molar-refractivity contribution in [1.82, 2.24) is 0 Å². The molecule has 0 aliphatic heterocycles. The van der Waals surface area contributed by atoms with Crippen molar-refractivity contribution in [3.63, 3.8) is 0 Å². The lowest BCUT2D eigenvalue weighted by Crippen LogP contribution is -2.32. The van der Waals surface area contributed by atoms with Gasteiger partial charge in [-0.3, -0.25) is 5.21 Å². The van der Waals surface area contributed by atoms with Gasteiger partial charge in [0, 0.05) is 10.8 Å². The molecule has 1 N–H and O–H groups in total. The van der Waals surface area contributed by atoms with E-state index in [1.54, 1.807) is 24.3 Å². The summed E-state index contributed by atoms with van der Waals surface area (Å²) in [6.07, 6.45) is 1.46. The lowest BCUT2D eigenvalue weighted by atomic mass is 10.1. The molecule has 76 valence electrons. The monoisotopic (exact) mass is 224 g/mol. The Balaban J connectivity index is 2.58. The van der Waals surface area contributed by atoms with Crippen molar-refractivity contribution in [2.45, 2.75) is 0 Å². The third kappa shape index (κ3) is 1.92. The van der Waals surface area contributed by atoms with Crippen molar-refractivity contribution < 1.29 is 14.3 Å². The fourth-order valence-corrected chi connectivity index (χ4v) is 1.62. The van der Waals surface area contributed by atoms with Gasteiger partial charge >= 0.3 is 0 Å². The van der Waals surface area contributed by atoms with E-state index >= 15 is 0 Å². The standard InChI is InChI=1S/C11H8ClFNO/c12-10-2-1-7-14(15)11(10)8-3-5-9(13)6-4-8/h1-7,15H/q+1. The molecule has 0 amide bonds. The van der Waals surface area contributed by atoms with Crippen LogP contribution < -0.4 is 4.73 Å². The normalized spacial score (nSPS) is 10.3. The van der Waals surface area contributed by atoms with E-state index in [9.17, 15) is 9.60 Å². The van der Waals surface area contributed by atoms with E-state index in [2.05, 4.69) is 0 Å². The van der Waals surface area contributed by atoms with E-state index in [0.29, 0.717) is 16.3 Å². The van der Waals surface area contributed by atoms with Crippen LogP contribution in [0.5, 0.6) is 0 Å². The molecule has 4 heteroatoms. The predicted molar refractivity (Wildman–Crippen MR) is 54.2 cm³/mol. The second-order valence-corrected chi connectivity index (χ2v) is 3.46. The molecule has 2 nitrogen and oxygen atoms in total. The molecule has 0 unspecified atom stereocenters. The molecular weight excluding hydrogens is 217 g/mol. The summed E-state index contributed by atoms with van der Waals surface area (Å²) in [5.41, 5.74) is 1.10. The zero-order valence-corrected chi connectivity index (χ0v) is 8.45. The number of aromatic nitrogens is 1. The Morgan fingerprint density at radius 1 is 1.13 bits per heavy atom. The molecule has 0 radical (unpaired) electrons. The number of hydrogen-bond donors (Lipinski definition) is 1. The third-order valence-electron chi connectivity index (χ3n) is 2.04. The average Bonchev–Trinajstić information content (AvgIpc) is 2.20. The Morgan fingerprint density at radius 3 is 2.40 bits per heavy atom. The number of rotatable bonds is 1. The van der Waals surface area contributed by atoms with Gasteiger partial charge in [-0.2, -0.15) is 0 Å². The van der Waals surface area contributed by atoms with Crippen LogP contribution in [-0.2, 0) is 0 Å². The van der Waals surface area contributed by atoms with E-state index in [1.165, 1.54) is 18.3 Å². The first-order valence-electron chi connectivity index (χ1n) is 4.34. The van der Waals surface area contributed by atoms with Crippen molar-refractivity contribution in [3.05, 3.63) is 53.4 Å². The smallest absolute Gasteiger partial charge is 0.282 e. The van der Waals surface area contributed by atoms with Crippen molar-refractivity contribution in [2.24, 2.45) is 0 Å². The zero-order valence-electron chi connectivity index (χ0n) is 7.69. The van der Waals surface area contributed by atoms with E-state index < -0.39 is 0 Å². The molecule has 0 saturated heterocycles. The zero-order chi connectivity index (χ0) is 10.8. The highest BCUT2D eigenvalue weighted by Gasteiger charge is 2.16. The molecule has 0 saturated carbocycles. The van der Waals surface area contributed by atoms with Gasteiger partial charge in [0.15, 0.2) is 0 Å². The number of nitrogens with zero attached hydrogens (tertiary/aromatic N) is 1. The summed E-state index contributed by atoms with van der Waals surface area (Å²) in [6, 6.07) is 9.03. The molecule has 0 fully saturated rings. The Kier molecular flexibility index (Phi) is 2.56. The number of hydrogen-bond acceptors (Lipinski definition) is 1. The van der Waals surface area contributed by atoms with Gasteiger partial charge in [0.25, 0.3) is 5.69 Å². The number of pyridine rings is 1. The molecule has 0 spiro atoms. The van der Waals surface area contributed by atoms with Crippen molar-refractivity contribution in [1.29, 1.82) is 0 Å². The maximum atomic E-state index is 12.7. The van der Waals surface area contributed by atoms with Crippen LogP contribution in [0.15, 0.2) is 42.6 Å². The van der Waals surface area contributed by atoms with E-state index in [0.717, 1.165) is 4.73 Å². The second kappa shape index (κ2) is 3.87. The minimum absolute atomic E-state index is 0.324. The van der Waals surface area contributed by atoms with Crippen molar-refractivity contribution in [3.8, 4) is 11.3 Å². The molecule has 0 bridgehead atoms. The highest BCUT2D eigenvalue weighted by molar-refractivity contribution is 6.32. The second-order valence-electron chi connectivity index (χ2n) is 3.06. The molecular formula is C11H8ClFNO+. The van der Waals surface area contributed by atoms with Gasteiger partial charge in [-0.1, -0.05) is 11.6 Å². The van der Waals surface area contributed by atoms with E-state index in [4.69, 9.17) is 11.6 Å². The number of halogens is 2. The number of benzene rings is 1. The summed E-state index contributed by atoms with van der Waals surface area (Å²) in [5.74, 6) is -0.324. The van der Waals surface area contributed by atoms with Crippen LogP contribution >= 0.6 is 11.6 Å². The van der Waals surface area contributed by atoms with Gasteiger partial charge in [0.05, 0.1) is 5.56 Å². The molecule has 1 aromatic heterocycles. The molecule has 0 aliphatic rings. The maximum absolute atomic E-state index is 12.7. The fraction of sp³-hybridized carbons (Fsp3) is 0. The Morgan fingerprint density at radius 2 is 1.80 bits per heavy atom. The van der Waals surface area contributed by atoms with Crippen molar-refractivity contribution >= 4 is 11.6 Å². The molecule has 1 heterocycles. The maximum Gasteiger partial charge on any atom is 0.282 e. The summed E-state index contributed by atoms with van der Waals surface area (Å²) in [5, 5.41) is 9.96. The minimum Gasteiger partial charge on any atom is -0.284 e. The highest BCUT2D eigenvalue weighted by Crippen LogP contribution is 2.23. The molecule has 15 heavy (non-hydrogen) atoms. The topological polar surface area (TPSA) is 24.1 Å². The first kappa shape index (κ1) is 9.93. The summed E-state index contributed by atoms with van der Waals surface area (Å²) in [7, 11) is 0. The van der Waals surface area contributed by atoms with E-state index in [-0.39, 0.29) is 5.82 Å². The Bertz CT molecular complexity index is 464. The van der Waals surface area contributed by atoms with Crippen LogP contribution in [0.2, 0.25) is 5.02 Å². The average molecular weight is 225 g/mol. The van der Waals surface area contributed by atoms with Gasteiger partial charge in [0.2, 0.25) is 6.20 Å². The van der Waals surface area contributed by atoms with Gasteiger partial charge in [-0.25, -0.2) is 4.39 Å². The molecule has 2 aromatic rings. The van der Waals surface area contributed by atoms with Crippen LogP contribution in [0, 0.1) is 5.82 Å². The highest BCUT2D eigenvalue weighted by atomic mass is 35.5. The van der Waals surface area contributed by atoms with E-state index in [1.807, 2.05) is 0 Å². The summed E-state index contributed by atoms with van der Waals surface area (Å²) < 4.78 is 13.6. The predicted octanol–water partition coefficient (Wildman–Crippen LogP) is 2.67. The lowest BCUT2D eigenvalue weighted by molar-refractivity contribution is -0.896. The summed E-state index contributed by atoms with van der Waals surface area (Å²) >= 11 is 5.93. The summed E-state index contributed by atoms with van der Waals surface area (Å²) in [6.45, 7) is 0. The van der Waals surface area contributed by atoms with Gasteiger partial charge < -0.3 is 0 Å². The fourth-order valence-electron chi connectivity index (χ4n) is 1.35. The summed E-state index contributed by atoms with van der Waals surface area (Å²) in [4.78, 5) is 0.